The molecule has 7 heteroatoms. The van der Waals surface area contributed by atoms with Gasteiger partial charge in [0.1, 0.15) is 12.2 Å². The topological polar surface area (TPSA) is 69.5 Å². The fourth-order valence-electron chi connectivity index (χ4n) is 3.80. The van der Waals surface area contributed by atoms with Gasteiger partial charge in [-0.2, -0.15) is 5.10 Å². The van der Waals surface area contributed by atoms with Crippen molar-refractivity contribution in [1.29, 1.82) is 0 Å². The molecule has 1 aromatic carbocycles. The zero-order valence-electron chi connectivity index (χ0n) is 19.3. The highest BCUT2D eigenvalue weighted by atomic mass is 16.6. The van der Waals surface area contributed by atoms with E-state index in [0.717, 1.165) is 27.7 Å². The summed E-state index contributed by atoms with van der Waals surface area (Å²) in [5.41, 5.74) is 3.62. The summed E-state index contributed by atoms with van der Waals surface area (Å²) >= 11 is 0. The molecule has 0 N–H and O–H groups in total. The molecule has 0 saturated carbocycles. The first kappa shape index (κ1) is 21.9. The highest BCUT2D eigenvalue weighted by Crippen LogP contribution is 2.28. The van der Waals surface area contributed by atoms with Crippen molar-refractivity contribution in [2.75, 3.05) is 6.54 Å². The Labute approximate surface area is 188 Å². The normalized spacial score (nSPS) is 16.7. The van der Waals surface area contributed by atoms with Crippen molar-refractivity contribution in [1.82, 2.24) is 19.7 Å². The molecule has 0 aliphatic carbocycles. The number of ether oxygens (including phenoxy) is 2. The smallest absolute Gasteiger partial charge is 0.410 e. The van der Waals surface area contributed by atoms with Crippen LogP contribution in [-0.2, 0) is 18.4 Å². The van der Waals surface area contributed by atoms with Crippen LogP contribution in [0.5, 0.6) is 5.88 Å². The molecule has 0 saturated heterocycles. The molecular weight excluding hydrogens is 404 g/mol. The Kier molecular flexibility index (Phi) is 5.91. The van der Waals surface area contributed by atoms with E-state index < -0.39 is 5.60 Å². The van der Waals surface area contributed by atoms with E-state index >= 15 is 0 Å². The number of carbonyl (C=O) groups is 1. The van der Waals surface area contributed by atoms with Gasteiger partial charge in [0.05, 0.1) is 17.4 Å². The van der Waals surface area contributed by atoms with E-state index in [1.54, 1.807) is 4.90 Å². The number of aromatic nitrogens is 3. The molecule has 0 bridgehead atoms. The molecule has 4 rings (SSSR count). The Hall–Kier alpha value is -3.35. The second kappa shape index (κ2) is 8.65. The van der Waals surface area contributed by atoms with E-state index in [4.69, 9.17) is 14.5 Å². The van der Waals surface area contributed by atoms with Gasteiger partial charge in [0.25, 0.3) is 0 Å². The van der Waals surface area contributed by atoms with Crippen LogP contribution in [0.2, 0.25) is 0 Å². The lowest BCUT2D eigenvalue weighted by molar-refractivity contribution is 0.0198. The number of hydrogen-bond acceptors (Lipinski definition) is 5. The molecule has 3 heterocycles. The molecule has 1 atom stereocenters. The predicted molar refractivity (Wildman–Crippen MR) is 124 cm³/mol. The summed E-state index contributed by atoms with van der Waals surface area (Å²) in [4.78, 5) is 18.9. The maximum absolute atomic E-state index is 12.5. The van der Waals surface area contributed by atoms with Crippen molar-refractivity contribution in [3.8, 4) is 5.88 Å². The molecule has 0 radical (unpaired) electrons. The maximum atomic E-state index is 12.5. The Morgan fingerprint density at radius 2 is 2.03 bits per heavy atom. The van der Waals surface area contributed by atoms with Crippen LogP contribution < -0.4 is 4.74 Å². The Balaban J connectivity index is 1.43. The second-order valence-electron chi connectivity index (χ2n) is 9.23. The molecule has 32 heavy (non-hydrogen) atoms. The van der Waals surface area contributed by atoms with Crippen molar-refractivity contribution < 1.29 is 14.3 Å². The number of hydrogen-bond donors (Lipinski definition) is 0. The number of aryl methyl sites for hydroxylation is 1. The fraction of sp³-hybridized carbons (Fsp3) is 0.400. The van der Waals surface area contributed by atoms with Crippen LogP contribution in [0.1, 0.15) is 45.4 Å². The summed E-state index contributed by atoms with van der Waals surface area (Å²) in [6.45, 7) is 8.61. The highest BCUT2D eigenvalue weighted by Gasteiger charge is 2.29. The van der Waals surface area contributed by atoms with Crippen LogP contribution in [0.15, 0.2) is 48.7 Å². The first-order chi connectivity index (χ1) is 15.2. The SMILES string of the molecule is C[C@H]1CC(c2cccc(OCc3ccc4cnn(C)c4c3)n2)=CCN1C(=O)OC(C)(C)C. The fourth-order valence-corrected chi connectivity index (χ4v) is 3.80. The standard InChI is InChI=1S/C25H30N4O3/c1-17-13-19(11-12-29(17)24(30)32-25(2,3)4)21-7-6-8-23(27-21)31-16-18-9-10-20-15-26-28(5)22(20)14-18/h6-11,14-15,17H,12-13,16H2,1-5H3/t17-/m0/s1. The van der Waals surface area contributed by atoms with Crippen molar-refractivity contribution in [3.05, 3.63) is 59.9 Å². The summed E-state index contributed by atoms with van der Waals surface area (Å²) in [5.74, 6) is 0.579. The van der Waals surface area contributed by atoms with Gasteiger partial charge in [-0.25, -0.2) is 9.78 Å². The van der Waals surface area contributed by atoms with Gasteiger partial charge in [-0.1, -0.05) is 24.3 Å². The summed E-state index contributed by atoms with van der Waals surface area (Å²) in [5, 5.41) is 5.39. The molecule has 1 aliphatic heterocycles. The third kappa shape index (κ3) is 4.93. The molecule has 3 aromatic rings. The van der Waals surface area contributed by atoms with Gasteiger partial charge in [-0.3, -0.25) is 4.68 Å². The highest BCUT2D eigenvalue weighted by molar-refractivity contribution is 5.79. The number of pyridine rings is 1. The number of carbonyl (C=O) groups excluding carboxylic acids is 1. The van der Waals surface area contributed by atoms with E-state index in [0.29, 0.717) is 25.5 Å². The number of benzene rings is 1. The van der Waals surface area contributed by atoms with Gasteiger partial charge in [0.2, 0.25) is 5.88 Å². The summed E-state index contributed by atoms with van der Waals surface area (Å²) < 4.78 is 13.4. The van der Waals surface area contributed by atoms with Crippen LogP contribution in [0, 0.1) is 0 Å². The molecule has 168 valence electrons. The monoisotopic (exact) mass is 434 g/mol. The van der Waals surface area contributed by atoms with Crippen LogP contribution in [-0.4, -0.2) is 43.9 Å². The molecule has 0 spiro atoms. The molecule has 0 unspecified atom stereocenters. The van der Waals surface area contributed by atoms with E-state index in [9.17, 15) is 4.79 Å². The average molecular weight is 435 g/mol. The number of amides is 1. The van der Waals surface area contributed by atoms with Gasteiger partial charge in [-0.05, 0) is 57.4 Å². The molecule has 1 aliphatic rings. The van der Waals surface area contributed by atoms with E-state index in [2.05, 4.69) is 17.2 Å². The van der Waals surface area contributed by atoms with E-state index in [-0.39, 0.29) is 12.1 Å². The van der Waals surface area contributed by atoms with Gasteiger partial charge >= 0.3 is 6.09 Å². The zero-order chi connectivity index (χ0) is 22.9. The Morgan fingerprint density at radius 1 is 1.22 bits per heavy atom. The maximum Gasteiger partial charge on any atom is 0.410 e. The Bertz CT molecular complexity index is 1160. The van der Waals surface area contributed by atoms with Crippen LogP contribution in [0.25, 0.3) is 16.5 Å². The zero-order valence-corrected chi connectivity index (χ0v) is 19.3. The number of fused-ring (bicyclic) bond motifs is 1. The van der Waals surface area contributed by atoms with Crippen molar-refractivity contribution in [2.24, 2.45) is 7.05 Å². The molecule has 0 fully saturated rings. The van der Waals surface area contributed by atoms with Gasteiger partial charge in [0, 0.05) is 31.1 Å². The molecule has 1 amide bonds. The predicted octanol–water partition coefficient (Wildman–Crippen LogP) is 4.96. The largest absolute Gasteiger partial charge is 0.473 e. The summed E-state index contributed by atoms with van der Waals surface area (Å²) in [7, 11) is 1.93. The van der Waals surface area contributed by atoms with Crippen molar-refractivity contribution >= 4 is 22.6 Å². The first-order valence-electron chi connectivity index (χ1n) is 10.9. The quantitative estimate of drug-likeness (QED) is 0.580. The molecular formula is C25H30N4O3. The lowest BCUT2D eigenvalue weighted by Gasteiger charge is -2.34. The summed E-state index contributed by atoms with van der Waals surface area (Å²) in [6.07, 6.45) is 4.34. The lowest BCUT2D eigenvalue weighted by Crippen LogP contribution is -2.44. The minimum Gasteiger partial charge on any atom is -0.473 e. The first-order valence-corrected chi connectivity index (χ1v) is 10.9. The van der Waals surface area contributed by atoms with Crippen LogP contribution >= 0.6 is 0 Å². The number of rotatable bonds is 4. The van der Waals surface area contributed by atoms with E-state index in [1.165, 1.54) is 0 Å². The molecule has 2 aromatic heterocycles. The number of nitrogens with zero attached hydrogens (tertiary/aromatic N) is 4. The lowest BCUT2D eigenvalue weighted by atomic mass is 9.98. The van der Waals surface area contributed by atoms with Crippen LogP contribution in [0.3, 0.4) is 0 Å². The second-order valence-corrected chi connectivity index (χ2v) is 9.23. The van der Waals surface area contributed by atoms with Gasteiger partial charge in [0.15, 0.2) is 0 Å². The van der Waals surface area contributed by atoms with Gasteiger partial charge in [-0.15, -0.1) is 0 Å². The molecule has 7 nitrogen and oxygen atoms in total. The van der Waals surface area contributed by atoms with E-state index in [1.807, 2.05) is 76.0 Å². The average Bonchev–Trinajstić information content (AvgIpc) is 3.11. The van der Waals surface area contributed by atoms with Gasteiger partial charge < -0.3 is 14.4 Å². The van der Waals surface area contributed by atoms with Crippen LogP contribution in [0.4, 0.5) is 4.79 Å². The summed E-state index contributed by atoms with van der Waals surface area (Å²) in [6, 6.07) is 12.0. The third-order valence-corrected chi connectivity index (χ3v) is 5.46. The minimum atomic E-state index is -0.505. The third-order valence-electron chi connectivity index (χ3n) is 5.46. The Morgan fingerprint density at radius 3 is 2.78 bits per heavy atom. The van der Waals surface area contributed by atoms with Crippen molar-refractivity contribution in [2.45, 2.75) is 52.4 Å². The minimum absolute atomic E-state index is 0.0295. The van der Waals surface area contributed by atoms with Crippen molar-refractivity contribution in [3.63, 3.8) is 0 Å².